The van der Waals surface area contributed by atoms with Crippen molar-refractivity contribution < 1.29 is 9.90 Å². The molecule has 0 aliphatic carbocycles. The second-order valence-corrected chi connectivity index (χ2v) is 3.12. The molecule has 0 unspecified atom stereocenters. The predicted octanol–water partition coefficient (Wildman–Crippen LogP) is 3.02. The van der Waals surface area contributed by atoms with Crippen molar-refractivity contribution in [2.45, 2.75) is 0 Å². The summed E-state index contributed by atoms with van der Waals surface area (Å²) in [7, 11) is 0. The Morgan fingerprint density at radius 2 is 1.80 bits per heavy atom. The lowest BCUT2D eigenvalue weighted by molar-refractivity contribution is 0.0698. The molecule has 0 spiro atoms. The molecule has 0 saturated carbocycles. The number of carboxylic acids is 1. The fraction of sp³-hybridized carbons (Fsp3) is 0. The lowest BCUT2D eigenvalue weighted by atomic mass is 10.1. The molecule has 4 nitrogen and oxygen atoms in total. The quantitative estimate of drug-likeness (QED) is 0.718. The van der Waals surface area contributed by atoms with E-state index in [0.29, 0.717) is 0 Å². The summed E-state index contributed by atoms with van der Waals surface area (Å²) in [4.78, 5) is 13.8. The Hall–Kier alpha value is -2.41. The van der Waals surface area contributed by atoms with Gasteiger partial charge in [-0.25, -0.2) is 4.79 Å². The van der Waals surface area contributed by atoms with Crippen molar-refractivity contribution in [3.63, 3.8) is 0 Å². The standard InChI is InChI=1S/C11H6N2O2/c12-13-10-6-8-4-2-1-3-7(8)5-9(10)11(14)15/h1-6H/p+1. The summed E-state index contributed by atoms with van der Waals surface area (Å²) in [6.07, 6.45) is 0. The zero-order valence-electron chi connectivity index (χ0n) is 7.71. The van der Waals surface area contributed by atoms with Crippen LogP contribution in [0.25, 0.3) is 15.7 Å². The van der Waals surface area contributed by atoms with Crippen molar-refractivity contribution in [2.75, 3.05) is 0 Å². The number of nitrogens with zero attached hydrogens (tertiary/aromatic N) is 2. The van der Waals surface area contributed by atoms with Crippen molar-refractivity contribution in [2.24, 2.45) is 0 Å². The van der Waals surface area contributed by atoms with E-state index >= 15 is 0 Å². The Balaban J connectivity index is 2.82. The van der Waals surface area contributed by atoms with Crippen LogP contribution in [0.15, 0.2) is 36.4 Å². The van der Waals surface area contributed by atoms with Crippen molar-refractivity contribution in [3.05, 3.63) is 46.9 Å². The monoisotopic (exact) mass is 199 g/mol. The van der Waals surface area contributed by atoms with E-state index < -0.39 is 5.97 Å². The molecule has 0 saturated heterocycles. The maximum absolute atomic E-state index is 10.9. The number of carbonyl (C=O) groups is 1. The molecule has 2 aromatic carbocycles. The fourth-order valence-corrected chi connectivity index (χ4v) is 1.48. The summed E-state index contributed by atoms with van der Waals surface area (Å²) in [6.45, 7) is 0. The third-order valence-electron chi connectivity index (χ3n) is 2.20. The van der Waals surface area contributed by atoms with Crippen LogP contribution in [0, 0.1) is 5.39 Å². The van der Waals surface area contributed by atoms with Gasteiger partial charge < -0.3 is 5.11 Å². The van der Waals surface area contributed by atoms with E-state index in [2.05, 4.69) is 4.98 Å². The molecule has 4 heteroatoms. The summed E-state index contributed by atoms with van der Waals surface area (Å²) in [5.41, 5.74) is 0.0670. The Labute approximate surface area is 85.4 Å². The number of hydrogen-bond acceptors (Lipinski definition) is 2. The molecular weight excluding hydrogens is 192 g/mol. The molecule has 0 atom stereocenters. The number of aromatic carboxylic acids is 1. The van der Waals surface area contributed by atoms with E-state index in [1.807, 2.05) is 24.3 Å². The van der Waals surface area contributed by atoms with Gasteiger partial charge in [-0.05, 0) is 16.8 Å². The van der Waals surface area contributed by atoms with E-state index in [0.717, 1.165) is 10.8 Å². The van der Waals surface area contributed by atoms with Crippen molar-refractivity contribution in [3.8, 4) is 0 Å². The molecule has 0 fully saturated rings. The number of fused-ring (bicyclic) bond motifs is 1. The average molecular weight is 199 g/mol. The third kappa shape index (κ3) is 1.51. The van der Waals surface area contributed by atoms with Gasteiger partial charge in [0.2, 0.25) is 5.39 Å². The molecule has 0 radical (unpaired) electrons. The van der Waals surface area contributed by atoms with Gasteiger partial charge in [-0.2, -0.15) is 0 Å². The number of benzene rings is 2. The summed E-state index contributed by atoms with van der Waals surface area (Å²) in [6, 6.07) is 10.3. The van der Waals surface area contributed by atoms with Crippen molar-refractivity contribution >= 4 is 22.4 Å². The fourth-order valence-electron chi connectivity index (χ4n) is 1.48. The number of hydrogen-bond donors (Lipinski definition) is 1. The lowest BCUT2D eigenvalue weighted by Gasteiger charge is -1.96. The van der Waals surface area contributed by atoms with Crippen LogP contribution >= 0.6 is 0 Å². The van der Waals surface area contributed by atoms with Crippen molar-refractivity contribution in [1.29, 1.82) is 5.39 Å². The molecule has 15 heavy (non-hydrogen) atoms. The van der Waals surface area contributed by atoms with Gasteiger partial charge >= 0.3 is 11.7 Å². The van der Waals surface area contributed by atoms with E-state index in [9.17, 15) is 4.79 Å². The van der Waals surface area contributed by atoms with Crippen LogP contribution < -0.4 is 0 Å². The molecule has 2 aromatic rings. The van der Waals surface area contributed by atoms with Crippen LogP contribution in [0.2, 0.25) is 0 Å². The molecular formula is C11H7N2O2+. The topological polar surface area (TPSA) is 65.5 Å². The van der Waals surface area contributed by atoms with Gasteiger partial charge in [0.05, 0.1) is 0 Å². The largest absolute Gasteiger partial charge is 0.477 e. The molecule has 1 N–H and O–H groups in total. The van der Waals surface area contributed by atoms with Gasteiger partial charge in [-0.3, -0.25) is 0 Å². The zero-order chi connectivity index (χ0) is 10.8. The van der Waals surface area contributed by atoms with Gasteiger partial charge in [0.15, 0.2) is 10.5 Å². The second kappa shape index (κ2) is 3.39. The highest BCUT2D eigenvalue weighted by atomic mass is 16.4. The van der Waals surface area contributed by atoms with Crippen LogP contribution in [0.3, 0.4) is 0 Å². The summed E-state index contributed by atoms with van der Waals surface area (Å²) >= 11 is 0. The highest BCUT2D eigenvalue weighted by molar-refractivity contribution is 6.01. The molecule has 0 bridgehead atoms. The Morgan fingerprint density at radius 3 is 2.33 bits per heavy atom. The number of rotatable bonds is 1. The van der Waals surface area contributed by atoms with Gasteiger partial charge in [-0.1, -0.05) is 24.3 Å². The maximum atomic E-state index is 10.9. The Kier molecular flexibility index (Phi) is 2.07. The van der Waals surface area contributed by atoms with Gasteiger partial charge in [0.25, 0.3) is 0 Å². The van der Waals surface area contributed by atoms with Crippen LogP contribution in [0.4, 0.5) is 5.69 Å². The van der Waals surface area contributed by atoms with Crippen LogP contribution in [-0.2, 0) is 0 Å². The molecule has 72 valence electrons. The van der Waals surface area contributed by atoms with E-state index in [1.165, 1.54) is 6.07 Å². The van der Waals surface area contributed by atoms with Crippen molar-refractivity contribution in [1.82, 2.24) is 0 Å². The minimum absolute atomic E-state index is 0.00352. The first-order valence-electron chi connectivity index (χ1n) is 4.33. The first-order valence-corrected chi connectivity index (χ1v) is 4.33. The SMILES string of the molecule is N#[N+]c1cc2ccccc2cc1C(=O)O. The predicted molar refractivity (Wildman–Crippen MR) is 55.7 cm³/mol. The highest BCUT2D eigenvalue weighted by Crippen LogP contribution is 2.26. The normalized spacial score (nSPS) is 9.80. The van der Waals surface area contributed by atoms with Crippen LogP contribution in [0.1, 0.15) is 10.4 Å². The molecule has 2 rings (SSSR count). The second-order valence-electron chi connectivity index (χ2n) is 3.12. The highest BCUT2D eigenvalue weighted by Gasteiger charge is 2.20. The molecule has 0 amide bonds. The van der Waals surface area contributed by atoms with Crippen LogP contribution in [0.5, 0.6) is 0 Å². The molecule has 0 heterocycles. The minimum atomic E-state index is -1.10. The van der Waals surface area contributed by atoms with Crippen LogP contribution in [-0.4, -0.2) is 11.1 Å². The Morgan fingerprint density at radius 1 is 1.20 bits per heavy atom. The number of diazo groups is 1. The van der Waals surface area contributed by atoms with E-state index in [-0.39, 0.29) is 11.3 Å². The van der Waals surface area contributed by atoms with Gasteiger partial charge in [-0.15, -0.1) is 0 Å². The first kappa shape index (κ1) is 9.16. The minimum Gasteiger partial charge on any atom is -0.477 e. The third-order valence-corrected chi connectivity index (χ3v) is 2.20. The number of carboxylic acid groups (broad SMARTS) is 1. The lowest BCUT2D eigenvalue weighted by Crippen LogP contribution is -1.96. The smallest absolute Gasteiger partial charge is 0.400 e. The summed E-state index contributed by atoms with van der Waals surface area (Å²) < 4.78 is 0. The van der Waals surface area contributed by atoms with Gasteiger partial charge in [0, 0.05) is 6.07 Å². The van der Waals surface area contributed by atoms with Gasteiger partial charge in [0.1, 0.15) is 0 Å². The van der Waals surface area contributed by atoms with E-state index in [4.69, 9.17) is 10.5 Å². The summed E-state index contributed by atoms with van der Waals surface area (Å²) in [5.74, 6) is -1.10. The van der Waals surface area contributed by atoms with E-state index in [1.54, 1.807) is 6.07 Å². The zero-order valence-corrected chi connectivity index (χ0v) is 7.71. The molecule has 0 aromatic heterocycles. The molecule has 0 aliphatic heterocycles. The molecule has 0 aliphatic rings. The average Bonchev–Trinajstić information content (AvgIpc) is 2.27. The maximum Gasteiger partial charge on any atom is 0.400 e. The first-order chi connectivity index (χ1) is 7.22. The Bertz CT molecular complexity index is 585. The summed E-state index contributed by atoms with van der Waals surface area (Å²) in [5, 5.41) is 19.2.